The molecular weight excluding hydrogens is 324 g/mol. The lowest BCUT2D eigenvalue weighted by Gasteiger charge is -2.47. The van der Waals surface area contributed by atoms with E-state index < -0.39 is 5.60 Å². The van der Waals surface area contributed by atoms with E-state index in [0.29, 0.717) is 12.6 Å². The predicted octanol–water partition coefficient (Wildman–Crippen LogP) is 4.38. The number of amides is 1. The van der Waals surface area contributed by atoms with Crippen molar-refractivity contribution in [3.05, 3.63) is 23.0 Å². The number of aliphatic hydroxyl groups is 1. The van der Waals surface area contributed by atoms with Crippen LogP contribution in [0.1, 0.15) is 92.0 Å². The van der Waals surface area contributed by atoms with E-state index in [0.717, 1.165) is 43.5 Å². The maximum atomic E-state index is 13.3. The third kappa shape index (κ3) is 3.11. The lowest BCUT2D eigenvalue weighted by Crippen LogP contribution is -2.54. The topological polar surface area (TPSA) is 45.5 Å². The van der Waals surface area contributed by atoms with Gasteiger partial charge in [0.15, 0.2) is 0 Å². The number of nitrogens with zero attached hydrogens (tertiary/aromatic N) is 2. The summed E-state index contributed by atoms with van der Waals surface area (Å²) in [4.78, 5) is 15.3. The molecule has 4 nitrogen and oxygen atoms in total. The third-order valence-electron chi connectivity index (χ3n) is 7.37. The van der Waals surface area contributed by atoms with E-state index in [1.54, 1.807) is 0 Å². The van der Waals surface area contributed by atoms with Crippen molar-refractivity contribution in [2.45, 2.75) is 89.7 Å². The molecule has 0 radical (unpaired) electrons. The molecule has 2 aliphatic carbocycles. The van der Waals surface area contributed by atoms with E-state index in [4.69, 9.17) is 0 Å². The lowest BCUT2D eigenvalue weighted by molar-refractivity contribution is -0.0886. The molecule has 1 aromatic heterocycles. The SMILES string of the molecule is Cc1cc(C(=O)N2CC[C@@]3(O)CCCC[C@H]3C2)c(C)n1C1CCCCC1. The molecule has 2 atom stereocenters. The van der Waals surface area contributed by atoms with E-state index in [-0.39, 0.29) is 11.8 Å². The number of carbonyl (C=O) groups excluding carboxylic acids is 1. The smallest absolute Gasteiger partial charge is 0.255 e. The molecule has 144 valence electrons. The van der Waals surface area contributed by atoms with E-state index >= 15 is 0 Å². The Balaban J connectivity index is 1.53. The van der Waals surface area contributed by atoms with Gasteiger partial charge >= 0.3 is 0 Å². The molecule has 0 unspecified atom stereocenters. The standard InChI is InChI=1S/C22H34N2O2/c1-16-14-20(17(2)24(16)19-9-4-3-5-10-19)21(25)23-13-12-22(26)11-7-6-8-18(22)15-23/h14,18-19,26H,3-13,15H2,1-2H3/t18-,22-/m0/s1. The van der Waals surface area contributed by atoms with Crippen LogP contribution in [0.3, 0.4) is 0 Å². The summed E-state index contributed by atoms with van der Waals surface area (Å²) >= 11 is 0. The van der Waals surface area contributed by atoms with Crippen molar-refractivity contribution in [3.63, 3.8) is 0 Å². The fourth-order valence-electron chi connectivity index (χ4n) is 5.82. The van der Waals surface area contributed by atoms with Gasteiger partial charge in [0, 0.05) is 36.4 Å². The van der Waals surface area contributed by atoms with Crippen molar-refractivity contribution in [3.8, 4) is 0 Å². The summed E-state index contributed by atoms with van der Waals surface area (Å²) in [5.74, 6) is 0.434. The molecule has 26 heavy (non-hydrogen) atoms. The van der Waals surface area contributed by atoms with Crippen LogP contribution in [0.5, 0.6) is 0 Å². The van der Waals surface area contributed by atoms with Crippen LogP contribution in [-0.2, 0) is 0 Å². The molecule has 3 aliphatic rings. The zero-order valence-corrected chi connectivity index (χ0v) is 16.5. The van der Waals surface area contributed by atoms with Crippen LogP contribution in [0.2, 0.25) is 0 Å². The Morgan fingerprint density at radius 1 is 1.08 bits per heavy atom. The fourth-order valence-corrected chi connectivity index (χ4v) is 5.82. The molecule has 1 N–H and O–H groups in total. The van der Waals surface area contributed by atoms with Crippen molar-refractivity contribution >= 4 is 5.91 Å². The van der Waals surface area contributed by atoms with Crippen molar-refractivity contribution < 1.29 is 9.90 Å². The second-order valence-electron chi connectivity index (χ2n) is 8.99. The van der Waals surface area contributed by atoms with E-state index in [9.17, 15) is 9.90 Å². The summed E-state index contributed by atoms with van der Waals surface area (Å²) in [7, 11) is 0. The van der Waals surface area contributed by atoms with E-state index in [1.165, 1.54) is 44.2 Å². The normalized spacial score (nSPS) is 30.3. The number of aryl methyl sites for hydroxylation is 1. The average molecular weight is 359 g/mol. The second-order valence-corrected chi connectivity index (χ2v) is 8.99. The number of hydrogen-bond acceptors (Lipinski definition) is 2. The summed E-state index contributed by atoms with van der Waals surface area (Å²) < 4.78 is 2.42. The van der Waals surface area contributed by atoms with Gasteiger partial charge in [0.05, 0.1) is 11.2 Å². The molecule has 0 spiro atoms. The highest BCUT2D eigenvalue weighted by Gasteiger charge is 2.44. The summed E-state index contributed by atoms with van der Waals surface area (Å²) in [6.45, 7) is 5.69. The molecule has 2 heterocycles. The van der Waals surface area contributed by atoms with Gasteiger partial charge in [0.25, 0.3) is 5.91 Å². The number of likely N-dealkylation sites (tertiary alicyclic amines) is 1. The van der Waals surface area contributed by atoms with Gasteiger partial charge in [0.1, 0.15) is 0 Å². The van der Waals surface area contributed by atoms with Crippen LogP contribution in [0.4, 0.5) is 0 Å². The van der Waals surface area contributed by atoms with Crippen LogP contribution >= 0.6 is 0 Å². The van der Waals surface area contributed by atoms with Crippen LogP contribution in [0.25, 0.3) is 0 Å². The fraction of sp³-hybridized carbons (Fsp3) is 0.773. The van der Waals surface area contributed by atoms with Gasteiger partial charge in [-0.2, -0.15) is 0 Å². The first-order chi connectivity index (χ1) is 12.5. The average Bonchev–Trinajstić information content (AvgIpc) is 2.95. The molecule has 0 bridgehead atoms. The van der Waals surface area contributed by atoms with Crippen LogP contribution in [0.15, 0.2) is 6.07 Å². The van der Waals surface area contributed by atoms with Crippen LogP contribution in [0, 0.1) is 19.8 Å². The Bertz CT molecular complexity index is 674. The first-order valence-electron chi connectivity index (χ1n) is 10.7. The maximum absolute atomic E-state index is 13.3. The van der Waals surface area contributed by atoms with Gasteiger partial charge < -0.3 is 14.6 Å². The van der Waals surface area contributed by atoms with Crippen LogP contribution in [-0.4, -0.2) is 39.2 Å². The summed E-state index contributed by atoms with van der Waals surface area (Å²) in [6.07, 6.45) is 11.5. The molecule has 1 aromatic rings. The molecule has 4 rings (SSSR count). The zero-order chi connectivity index (χ0) is 18.3. The molecule has 2 saturated carbocycles. The third-order valence-corrected chi connectivity index (χ3v) is 7.37. The summed E-state index contributed by atoms with van der Waals surface area (Å²) in [5, 5.41) is 10.9. The number of rotatable bonds is 2. The predicted molar refractivity (Wildman–Crippen MR) is 103 cm³/mol. The Hall–Kier alpha value is -1.29. The quantitative estimate of drug-likeness (QED) is 0.853. The largest absolute Gasteiger partial charge is 0.389 e. The summed E-state index contributed by atoms with van der Waals surface area (Å²) in [5.41, 5.74) is 2.73. The van der Waals surface area contributed by atoms with Gasteiger partial charge in [-0.1, -0.05) is 32.1 Å². The lowest BCUT2D eigenvalue weighted by atomic mass is 9.71. The number of piperidine rings is 1. The van der Waals surface area contributed by atoms with Crippen molar-refractivity contribution in [1.82, 2.24) is 9.47 Å². The maximum Gasteiger partial charge on any atom is 0.255 e. The van der Waals surface area contributed by atoms with Crippen molar-refractivity contribution in [1.29, 1.82) is 0 Å². The highest BCUT2D eigenvalue weighted by molar-refractivity contribution is 5.95. The van der Waals surface area contributed by atoms with E-state index in [1.807, 2.05) is 4.90 Å². The van der Waals surface area contributed by atoms with Gasteiger partial charge in [-0.25, -0.2) is 0 Å². The van der Waals surface area contributed by atoms with Gasteiger partial charge in [0.2, 0.25) is 0 Å². The second kappa shape index (κ2) is 7.03. The Kier molecular flexibility index (Phi) is 4.89. The Morgan fingerprint density at radius 2 is 1.81 bits per heavy atom. The minimum Gasteiger partial charge on any atom is -0.389 e. The highest BCUT2D eigenvalue weighted by Crippen LogP contribution is 2.40. The van der Waals surface area contributed by atoms with Crippen molar-refractivity contribution in [2.75, 3.05) is 13.1 Å². The number of fused-ring (bicyclic) bond motifs is 1. The summed E-state index contributed by atoms with van der Waals surface area (Å²) in [6, 6.07) is 2.67. The number of carbonyl (C=O) groups is 1. The number of aromatic nitrogens is 1. The van der Waals surface area contributed by atoms with Crippen molar-refractivity contribution in [2.24, 2.45) is 5.92 Å². The highest BCUT2D eigenvalue weighted by atomic mass is 16.3. The Morgan fingerprint density at radius 3 is 2.58 bits per heavy atom. The molecule has 1 aliphatic heterocycles. The van der Waals surface area contributed by atoms with Crippen LogP contribution < -0.4 is 0 Å². The molecule has 1 amide bonds. The van der Waals surface area contributed by atoms with Gasteiger partial charge in [-0.3, -0.25) is 4.79 Å². The molecule has 0 aromatic carbocycles. The molecular formula is C22H34N2O2. The Labute approximate surface area is 157 Å². The zero-order valence-electron chi connectivity index (χ0n) is 16.5. The first kappa shape index (κ1) is 18.1. The number of hydrogen-bond donors (Lipinski definition) is 1. The monoisotopic (exact) mass is 358 g/mol. The molecule has 4 heteroatoms. The minimum atomic E-state index is -0.520. The molecule has 3 fully saturated rings. The molecule has 1 saturated heterocycles. The van der Waals surface area contributed by atoms with E-state index in [2.05, 4.69) is 24.5 Å². The van der Waals surface area contributed by atoms with Gasteiger partial charge in [-0.05, 0) is 52.0 Å². The van der Waals surface area contributed by atoms with Gasteiger partial charge in [-0.15, -0.1) is 0 Å². The minimum absolute atomic E-state index is 0.174. The first-order valence-corrected chi connectivity index (χ1v) is 10.7.